The first-order chi connectivity index (χ1) is 12.6. The Balaban J connectivity index is 1.86. The minimum absolute atomic E-state index is 0.335. The van der Waals surface area contributed by atoms with E-state index in [0.717, 1.165) is 48.8 Å². The molecule has 0 spiro atoms. The van der Waals surface area contributed by atoms with Crippen LogP contribution >= 0.6 is 22.9 Å². The van der Waals surface area contributed by atoms with E-state index in [1.165, 1.54) is 21.6 Å². The number of aryl methyl sites for hydroxylation is 2. The van der Waals surface area contributed by atoms with Crippen LogP contribution in [-0.2, 0) is 0 Å². The van der Waals surface area contributed by atoms with E-state index in [-0.39, 0.29) is 0 Å². The Morgan fingerprint density at radius 2 is 1.73 bits per heavy atom. The number of piperazine rings is 1. The summed E-state index contributed by atoms with van der Waals surface area (Å²) in [7, 11) is 0. The Hall–Kier alpha value is -1.69. The smallest absolute Gasteiger partial charge is 0.225 e. The second-order valence-corrected chi connectivity index (χ2v) is 8.36. The molecule has 1 saturated heterocycles. The van der Waals surface area contributed by atoms with Crippen molar-refractivity contribution in [3.8, 4) is 11.1 Å². The molecular weight excluding hydrogens is 364 g/mol. The molecule has 0 aliphatic carbocycles. The van der Waals surface area contributed by atoms with Crippen LogP contribution in [-0.4, -0.2) is 47.6 Å². The van der Waals surface area contributed by atoms with Crippen molar-refractivity contribution in [2.75, 3.05) is 37.6 Å². The van der Waals surface area contributed by atoms with Gasteiger partial charge in [-0.15, -0.1) is 11.3 Å². The van der Waals surface area contributed by atoms with Gasteiger partial charge in [0, 0.05) is 36.6 Å². The molecule has 1 aliphatic rings. The zero-order chi connectivity index (χ0) is 18.3. The molecule has 0 atom stereocenters. The van der Waals surface area contributed by atoms with Gasteiger partial charge < -0.3 is 9.80 Å². The number of nitrogens with zero attached hydrogens (tertiary/aromatic N) is 4. The van der Waals surface area contributed by atoms with Crippen molar-refractivity contribution in [1.82, 2.24) is 14.9 Å². The molecule has 136 valence electrons. The van der Waals surface area contributed by atoms with E-state index >= 15 is 0 Å². The quantitative estimate of drug-likeness (QED) is 0.607. The average molecular weight is 387 g/mol. The standard InChI is InChI=1S/C20H23ClN4S/c1-4-24-9-11-25(12-10-24)18-17-16(15-7-5-13(2)6-8-15)14(3)26-19(17)23-20(21)22-18/h5-8H,4,9-12H2,1-3H3. The third-order valence-electron chi connectivity index (χ3n) is 5.14. The van der Waals surface area contributed by atoms with Crippen molar-refractivity contribution in [3.05, 3.63) is 40.0 Å². The summed E-state index contributed by atoms with van der Waals surface area (Å²) in [6.07, 6.45) is 0. The van der Waals surface area contributed by atoms with E-state index in [0.29, 0.717) is 5.28 Å². The molecule has 1 fully saturated rings. The van der Waals surface area contributed by atoms with Gasteiger partial charge in [-0.05, 0) is 37.6 Å². The first kappa shape index (κ1) is 17.7. The maximum Gasteiger partial charge on any atom is 0.225 e. The molecule has 0 radical (unpaired) electrons. The molecule has 0 amide bonds. The molecule has 0 saturated carbocycles. The lowest BCUT2D eigenvalue weighted by Gasteiger charge is -2.35. The van der Waals surface area contributed by atoms with Gasteiger partial charge in [0.25, 0.3) is 0 Å². The average Bonchev–Trinajstić information content (AvgIpc) is 2.97. The van der Waals surface area contributed by atoms with Gasteiger partial charge in [-0.25, -0.2) is 4.98 Å². The van der Waals surface area contributed by atoms with Crippen LogP contribution in [0, 0.1) is 13.8 Å². The monoisotopic (exact) mass is 386 g/mol. The molecule has 3 aromatic rings. The maximum atomic E-state index is 6.27. The zero-order valence-electron chi connectivity index (χ0n) is 15.4. The van der Waals surface area contributed by atoms with Crippen molar-refractivity contribution in [2.24, 2.45) is 0 Å². The van der Waals surface area contributed by atoms with Crippen molar-refractivity contribution >= 4 is 39.0 Å². The molecule has 1 aromatic carbocycles. The Bertz CT molecular complexity index is 927. The number of rotatable bonds is 3. The van der Waals surface area contributed by atoms with E-state index < -0.39 is 0 Å². The predicted octanol–water partition coefficient (Wildman–Crippen LogP) is 4.77. The van der Waals surface area contributed by atoms with E-state index in [9.17, 15) is 0 Å². The van der Waals surface area contributed by atoms with Gasteiger partial charge in [0.05, 0.1) is 5.39 Å². The number of hydrogen-bond donors (Lipinski definition) is 0. The summed E-state index contributed by atoms with van der Waals surface area (Å²) in [5.74, 6) is 0.982. The molecular formula is C20H23ClN4S. The number of halogens is 1. The molecule has 1 aliphatic heterocycles. The van der Waals surface area contributed by atoms with Crippen LogP contribution in [0.15, 0.2) is 24.3 Å². The number of fused-ring (bicyclic) bond motifs is 1. The summed E-state index contributed by atoms with van der Waals surface area (Å²) in [5.41, 5.74) is 3.73. The van der Waals surface area contributed by atoms with Crippen molar-refractivity contribution in [3.63, 3.8) is 0 Å². The summed E-state index contributed by atoms with van der Waals surface area (Å²) in [4.78, 5) is 16.3. The largest absolute Gasteiger partial charge is 0.353 e. The molecule has 4 nitrogen and oxygen atoms in total. The van der Waals surface area contributed by atoms with Gasteiger partial charge in [-0.2, -0.15) is 4.98 Å². The first-order valence-electron chi connectivity index (χ1n) is 9.07. The second-order valence-electron chi connectivity index (χ2n) is 6.82. The van der Waals surface area contributed by atoms with Gasteiger partial charge >= 0.3 is 0 Å². The number of aromatic nitrogens is 2. The van der Waals surface area contributed by atoms with Gasteiger partial charge in [-0.1, -0.05) is 36.8 Å². The molecule has 26 heavy (non-hydrogen) atoms. The predicted molar refractivity (Wildman–Crippen MR) is 112 cm³/mol. The van der Waals surface area contributed by atoms with Crippen molar-refractivity contribution in [2.45, 2.75) is 20.8 Å². The fraction of sp³-hybridized carbons (Fsp3) is 0.400. The maximum absolute atomic E-state index is 6.27. The number of hydrogen-bond acceptors (Lipinski definition) is 5. The van der Waals surface area contributed by atoms with Crippen LogP contribution in [0.2, 0.25) is 5.28 Å². The lowest BCUT2D eigenvalue weighted by molar-refractivity contribution is 0.271. The zero-order valence-corrected chi connectivity index (χ0v) is 17.0. The highest BCUT2D eigenvalue weighted by molar-refractivity contribution is 7.19. The Morgan fingerprint density at radius 1 is 1.04 bits per heavy atom. The van der Waals surface area contributed by atoms with Gasteiger partial charge in [0.15, 0.2) is 0 Å². The van der Waals surface area contributed by atoms with Gasteiger partial charge in [0.1, 0.15) is 10.6 Å². The lowest BCUT2D eigenvalue weighted by Crippen LogP contribution is -2.46. The number of thiophene rings is 1. The highest BCUT2D eigenvalue weighted by Crippen LogP contribution is 2.42. The lowest BCUT2D eigenvalue weighted by atomic mass is 10.0. The first-order valence-corrected chi connectivity index (χ1v) is 10.3. The SMILES string of the molecule is CCN1CCN(c2nc(Cl)nc3sc(C)c(-c4ccc(C)cc4)c23)CC1. The molecule has 0 bridgehead atoms. The molecule has 2 aromatic heterocycles. The normalized spacial score (nSPS) is 15.8. The summed E-state index contributed by atoms with van der Waals surface area (Å²) >= 11 is 7.98. The molecule has 0 N–H and O–H groups in total. The Kier molecular flexibility index (Phi) is 4.86. The van der Waals surface area contributed by atoms with Gasteiger partial charge in [-0.3, -0.25) is 0 Å². The minimum atomic E-state index is 0.335. The van der Waals surface area contributed by atoms with Crippen LogP contribution in [0.1, 0.15) is 17.4 Å². The van der Waals surface area contributed by atoms with Crippen molar-refractivity contribution in [1.29, 1.82) is 0 Å². The molecule has 4 rings (SSSR count). The second kappa shape index (κ2) is 7.14. The molecule has 3 heterocycles. The highest BCUT2D eigenvalue weighted by Gasteiger charge is 2.24. The van der Waals surface area contributed by atoms with E-state index in [4.69, 9.17) is 11.6 Å². The van der Waals surface area contributed by atoms with E-state index in [1.54, 1.807) is 11.3 Å². The number of likely N-dealkylation sites (N-methyl/N-ethyl adjacent to an activating group) is 1. The Labute approximate surface area is 163 Å². The fourth-order valence-electron chi connectivity index (χ4n) is 3.64. The highest BCUT2D eigenvalue weighted by atomic mass is 35.5. The number of benzene rings is 1. The van der Waals surface area contributed by atoms with E-state index in [2.05, 4.69) is 64.8 Å². The Morgan fingerprint density at radius 3 is 2.38 bits per heavy atom. The summed E-state index contributed by atoms with van der Waals surface area (Å²) in [6, 6.07) is 8.71. The van der Waals surface area contributed by atoms with Crippen LogP contribution in [0.5, 0.6) is 0 Å². The molecule has 0 unspecified atom stereocenters. The summed E-state index contributed by atoms with van der Waals surface area (Å²) < 4.78 is 0. The topological polar surface area (TPSA) is 32.3 Å². The third-order valence-corrected chi connectivity index (χ3v) is 6.31. The third kappa shape index (κ3) is 3.20. The van der Waals surface area contributed by atoms with Crippen LogP contribution in [0.4, 0.5) is 5.82 Å². The van der Waals surface area contributed by atoms with Crippen LogP contribution in [0.25, 0.3) is 21.3 Å². The van der Waals surface area contributed by atoms with Crippen molar-refractivity contribution < 1.29 is 0 Å². The minimum Gasteiger partial charge on any atom is -0.353 e. The summed E-state index contributed by atoms with van der Waals surface area (Å²) in [6.45, 7) is 11.6. The van der Waals surface area contributed by atoms with E-state index in [1.807, 2.05) is 0 Å². The molecule has 6 heteroatoms. The number of anilines is 1. The summed E-state index contributed by atoms with van der Waals surface area (Å²) in [5, 5.41) is 1.48. The fourth-order valence-corrected chi connectivity index (χ4v) is 4.90. The van der Waals surface area contributed by atoms with Crippen LogP contribution < -0.4 is 4.90 Å². The van der Waals surface area contributed by atoms with Gasteiger partial charge in [0.2, 0.25) is 5.28 Å². The van der Waals surface area contributed by atoms with Crippen LogP contribution in [0.3, 0.4) is 0 Å².